The molecule has 0 fully saturated rings. The number of benzene rings is 1. The van der Waals surface area contributed by atoms with Crippen LogP contribution in [-0.4, -0.2) is 42.1 Å². The quantitative estimate of drug-likeness (QED) is 0.533. The van der Waals surface area contributed by atoms with Crippen molar-refractivity contribution in [2.24, 2.45) is 11.7 Å². The fourth-order valence-corrected chi connectivity index (χ4v) is 3.46. The molecule has 0 radical (unpaired) electrons. The van der Waals surface area contributed by atoms with Crippen molar-refractivity contribution >= 4 is 17.2 Å². The minimum Gasteiger partial charge on any atom is -0.368 e. The van der Waals surface area contributed by atoms with E-state index >= 15 is 0 Å². The van der Waals surface area contributed by atoms with Gasteiger partial charge in [-0.15, -0.1) is 0 Å². The number of halogens is 2. The van der Waals surface area contributed by atoms with Crippen LogP contribution in [0.4, 0.5) is 14.5 Å². The molecule has 1 aliphatic rings. The molecule has 2 unspecified atom stereocenters. The lowest BCUT2D eigenvalue weighted by atomic mass is 9.84. The third-order valence-electron chi connectivity index (χ3n) is 5.00. The Morgan fingerprint density at radius 1 is 1.39 bits per heavy atom. The summed E-state index contributed by atoms with van der Waals surface area (Å²) in [7, 11) is 0. The lowest BCUT2D eigenvalue weighted by Gasteiger charge is -2.23. The molecule has 0 saturated carbocycles. The summed E-state index contributed by atoms with van der Waals surface area (Å²) in [6, 6.07) is 8.88. The maximum atomic E-state index is 13.8. The molecular formula is C23H25F2N3O3. The average molecular weight is 429 g/mol. The summed E-state index contributed by atoms with van der Waals surface area (Å²) in [5.41, 5.74) is 9.46. The van der Waals surface area contributed by atoms with Crippen LogP contribution >= 0.6 is 0 Å². The van der Waals surface area contributed by atoms with Gasteiger partial charge in [0.2, 0.25) is 5.91 Å². The first kappa shape index (κ1) is 22.7. The van der Waals surface area contributed by atoms with E-state index < -0.39 is 24.7 Å². The number of aliphatic hydroxyl groups is 1. The van der Waals surface area contributed by atoms with E-state index in [9.17, 15) is 18.7 Å². The summed E-state index contributed by atoms with van der Waals surface area (Å²) in [5.74, 6) is -1.43. The Morgan fingerprint density at radius 3 is 2.97 bits per heavy atom. The van der Waals surface area contributed by atoms with Gasteiger partial charge in [-0.3, -0.25) is 9.78 Å². The van der Waals surface area contributed by atoms with E-state index in [1.165, 1.54) is 12.3 Å². The summed E-state index contributed by atoms with van der Waals surface area (Å²) in [5, 5.41) is 12.5. The minimum atomic E-state index is -1.10. The zero-order valence-electron chi connectivity index (χ0n) is 16.9. The van der Waals surface area contributed by atoms with Crippen LogP contribution < -0.4 is 11.1 Å². The molecule has 1 aromatic carbocycles. The van der Waals surface area contributed by atoms with Crippen LogP contribution in [-0.2, 0) is 16.0 Å². The van der Waals surface area contributed by atoms with E-state index in [1.807, 2.05) is 30.3 Å². The van der Waals surface area contributed by atoms with E-state index in [0.29, 0.717) is 13.0 Å². The van der Waals surface area contributed by atoms with Gasteiger partial charge in [-0.25, -0.2) is 8.78 Å². The largest absolute Gasteiger partial charge is 0.368 e. The first-order valence-corrected chi connectivity index (χ1v) is 9.97. The van der Waals surface area contributed by atoms with Gasteiger partial charge in [-0.05, 0) is 34.8 Å². The third kappa shape index (κ3) is 6.04. The van der Waals surface area contributed by atoms with E-state index in [2.05, 4.69) is 10.3 Å². The Kier molecular flexibility index (Phi) is 8.00. The monoisotopic (exact) mass is 429 g/mol. The predicted molar refractivity (Wildman–Crippen MR) is 114 cm³/mol. The topological polar surface area (TPSA) is 97.5 Å². The average Bonchev–Trinajstić information content (AvgIpc) is 2.79. The number of carbonyl (C=O) groups excluding carboxylic acids is 1. The standard InChI is InChI=1S/C23H25F2N3O3/c24-7-9-31-22(29)11-15-2-1-3-16(10-15)19-12-17(4-5-18(19)13-26)23(30)28-21-6-8-27-14-20(21)25/h1-6,8,10,14,17,22,29H,7,9,11-13,26H2,(H,27,28,30). The van der Waals surface area contributed by atoms with Crippen molar-refractivity contribution in [1.29, 1.82) is 0 Å². The highest BCUT2D eigenvalue weighted by Crippen LogP contribution is 2.32. The predicted octanol–water partition coefficient (Wildman–Crippen LogP) is 2.99. The van der Waals surface area contributed by atoms with Gasteiger partial charge in [-0.2, -0.15) is 0 Å². The van der Waals surface area contributed by atoms with Gasteiger partial charge in [0.05, 0.1) is 24.4 Å². The van der Waals surface area contributed by atoms with Gasteiger partial charge in [0.25, 0.3) is 0 Å². The first-order valence-electron chi connectivity index (χ1n) is 9.97. The van der Waals surface area contributed by atoms with Gasteiger partial charge < -0.3 is 20.9 Å². The number of alkyl halides is 1. The molecule has 2 atom stereocenters. The minimum absolute atomic E-state index is 0.0767. The number of hydrogen-bond donors (Lipinski definition) is 3. The number of hydrogen-bond acceptors (Lipinski definition) is 5. The molecule has 0 saturated heterocycles. The van der Waals surface area contributed by atoms with Gasteiger partial charge in [0.15, 0.2) is 12.1 Å². The molecule has 0 bridgehead atoms. The zero-order chi connectivity index (χ0) is 22.2. The second kappa shape index (κ2) is 10.9. The van der Waals surface area contributed by atoms with Crippen LogP contribution in [0.1, 0.15) is 17.5 Å². The number of aliphatic hydroxyl groups excluding tert-OH is 1. The molecule has 4 N–H and O–H groups in total. The van der Waals surface area contributed by atoms with Crippen molar-refractivity contribution in [3.63, 3.8) is 0 Å². The normalized spacial score (nSPS) is 17.0. The SMILES string of the molecule is NCC1=C(c2cccc(CC(O)OCCF)c2)CC(C(=O)Nc2ccncc2F)C=C1. The Morgan fingerprint density at radius 2 is 2.23 bits per heavy atom. The van der Waals surface area contributed by atoms with Gasteiger partial charge in [0.1, 0.15) is 6.67 Å². The highest BCUT2D eigenvalue weighted by atomic mass is 19.1. The Labute approximate surface area is 179 Å². The highest BCUT2D eigenvalue weighted by Gasteiger charge is 2.24. The van der Waals surface area contributed by atoms with Gasteiger partial charge in [-0.1, -0.05) is 36.4 Å². The maximum Gasteiger partial charge on any atom is 0.231 e. The molecule has 0 spiro atoms. The lowest BCUT2D eigenvalue weighted by molar-refractivity contribution is -0.118. The molecule has 1 amide bonds. The molecule has 0 aliphatic heterocycles. The van der Waals surface area contributed by atoms with Crippen LogP contribution in [0.3, 0.4) is 0 Å². The summed E-state index contributed by atoms with van der Waals surface area (Å²) in [6.45, 7) is -0.530. The van der Waals surface area contributed by atoms with Crippen LogP contribution in [0.25, 0.3) is 5.57 Å². The summed E-state index contributed by atoms with van der Waals surface area (Å²) >= 11 is 0. The Hall–Kier alpha value is -2.94. The van der Waals surface area contributed by atoms with Crippen molar-refractivity contribution in [3.8, 4) is 0 Å². The number of pyridine rings is 1. The Balaban J connectivity index is 1.76. The summed E-state index contributed by atoms with van der Waals surface area (Å²) in [6.07, 6.45) is 5.53. The Bertz CT molecular complexity index is 978. The number of nitrogens with two attached hydrogens (primary N) is 1. The van der Waals surface area contributed by atoms with Crippen molar-refractivity contribution in [2.45, 2.75) is 19.1 Å². The number of aromatic nitrogens is 1. The van der Waals surface area contributed by atoms with E-state index in [0.717, 1.165) is 28.5 Å². The second-order valence-electron chi connectivity index (χ2n) is 7.14. The lowest BCUT2D eigenvalue weighted by Crippen LogP contribution is -2.24. The molecular weight excluding hydrogens is 404 g/mol. The van der Waals surface area contributed by atoms with Crippen LogP contribution in [0.2, 0.25) is 0 Å². The van der Waals surface area contributed by atoms with Crippen LogP contribution in [0.5, 0.6) is 0 Å². The van der Waals surface area contributed by atoms with Crippen molar-refractivity contribution in [2.75, 3.05) is 25.1 Å². The molecule has 164 valence electrons. The highest BCUT2D eigenvalue weighted by molar-refractivity contribution is 5.95. The number of ether oxygens (including phenoxy) is 1. The number of allylic oxidation sites excluding steroid dienone is 1. The fourth-order valence-electron chi connectivity index (χ4n) is 3.46. The number of amides is 1. The molecule has 2 aromatic rings. The first-order chi connectivity index (χ1) is 15.0. The van der Waals surface area contributed by atoms with Crippen LogP contribution in [0, 0.1) is 11.7 Å². The second-order valence-corrected chi connectivity index (χ2v) is 7.14. The van der Waals surface area contributed by atoms with Crippen molar-refractivity contribution < 1.29 is 23.4 Å². The zero-order valence-corrected chi connectivity index (χ0v) is 16.9. The van der Waals surface area contributed by atoms with Crippen LogP contribution in [0.15, 0.2) is 60.5 Å². The number of rotatable bonds is 9. The van der Waals surface area contributed by atoms with Crippen molar-refractivity contribution in [3.05, 3.63) is 77.4 Å². The maximum absolute atomic E-state index is 13.8. The number of anilines is 1. The van der Waals surface area contributed by atoms with E-state index in [1.54, 1.807) is 6.08 Å². The molecule has 1 aromatic heterocycles. The van der Waals surface area contributed by atoms with Gasteiger partial charge in [0, 0.05) is 19.2 Å². The number of nitrogens with zero attached hydrogens (tertiary/aromatic N) is 1. The summed E-state index contributed by atoms with van der Waals surface area (Å²) < 4.78 is 31.0. The van der Waals surface area contributed by atoms with E-state index in [4.69, 9.17) is 10.5 Å². The molecule has 6 nitrogen and oxygen atoms in total. The number of nitrogens with one attached hydrogen (secondary N) is 1. The fraction of sp³-hybridized carbons (Fsp3) is 0.304. The molecule has 3 rings (SSSR count). The third-order valence-corrected chi connectivity index (χ3v) is 5.00. The van der Waals surface area contributed by atoms with E-state index in [-0.39, 0.29) is 24.6 Å². The molecule has 1 aliphatic carbocycles. The number of carbonyl (C=O) groups is 1. The summed E-state index contributed by atoms with van der Waals surface area (Å²) in [4.78, 5) is 16.4. The molecule has 1 heterocycles. The molecule has 31 heavy (non-hydrogen) atoms. The van der Waals surface area contributed by atoms with Gasteiger partial charge >= 0.3 is 0 Å². The smallest absolute Gasteiger partial charge is 0.231 e. The van der Waals surface area contributed by atoms with Crippen molar-refractivity contribution in [1.82, 2.24) is 4.98 Å². The molecule has 8 heteroatoms.